The van der Waals surface area contributed by atoms with Crippen LogP contribution in [0.2, 0.25) is 0 Å². The van der Waals surface area contributed by atoms with E-state index < -0.39 is 11.8 Å². The van der Waals surface area contributed by atoms with Crippen molar-refractivity contribution in [1.82, 2.24) is 5.32 Å². The summed E-state index contributed by atoms with van der Waals surface area (Å²) >= 11 is 0. The van der Waals surface area contributed by atoms with E-state index in [9.17, 15) is 19.1 Å². The number of aryl methyl sites for hydroxylation is 1. The molecule has 146 valence electrons. The minimum Gasteiger partial charge on any atom is -0.507 e. The molecule has 0 aliphatic carbocycles. The number of rotatable bonds is 7. The monoisotopic (exact) mass is 385 g/mol. The van der Waals surface area contributed by atoms with E-state index in [2.05, 4.69) is 5.32 Å². The fourth-order valence-corrected chi connectivity index (χ4v) is 3.11. The number of hydrogen-bond acceptors (Lipinski definition) is 5. The predicted octanol–water partition coefficient (Wildman–Crippen LogP) is 3.57. The van der Waals surface area contributed by atoms with E-state index in [-0.39, 0.29) is 29.7 Å². The zero-order chi connectivity index (χ0) is 20.3. The average Bonchev–Trinajstić information content (AvgIpc) is 2.64. The molecule has 0 radical (unpaired) electrons. The molecule has 0 saturated carbocycles. The van der Waals surface area contributed by atoms with Crippen LogP contribution in [0.3, 0.4) is 0 Å². The van der Waals surface area contributed by atoms with Crippen LogP contribution in [-0.2, 0) is 11.3 Å². The number of nitrogens with one attached hydrogen (secondary N) is 1. The fourth-order valence-electron chi connectivity index (χ4n) is 3.11. The molecule has 28 heavy (non-hydrogen) atoms. The van der Waals surface area contributed by atoms with Gasteiger partial charge in [-0.3, -0.25) is 9.59 Å². The minimum absolute atomic E-state index is 0.0182. The maximum absolute atomic E-state index is 13.2. The summed E-state index contributed by atoms with van der Waals surface area (Å²) in [6.07, 6.45) is 0.488. The van der Waals surface area contributed by atoms with Crippen molar-refractivity contribution in [1.29, 1.82) is 0 Å². The van der Waals surface area contributed by atoms with E-state index in [0.717, 1.165) is 0 Å². The highest BCUT2D eigenvalue weighted by atomic mass is 19.1. The largest absolute Gasteiger partial charge is 0.507 e. The SMILES string of the molecule is Cc1oc2c(CNCCCC(=O)O)c(O)ccc2c(=O)c1-c1ccc(F)cc1. The summed E-state index contributed by atoms with van der Waals surface area (Å²) in [5, 5.41) is 22.3. The van der Waals surface area contributed by atoms with Gasteiger partial charge in [-0.15, -0.1) is 0 Å². The van der Waals surface area contributed by atoms with Crippen LogP contribution in [0.15, 0.2) is 45.6 Å². The summed E-state index contributed by atoms with van der Waals surface area (Å²) in [7, 11) is 0. The highest BCUT2D eigenvalue weighted by molar-refractivity contribution is 5.86. The molecule has 1 heterocycles. The number of phenolic OH excluding ortho intramolecular Hbond substituents is 1. The second kappa shape index (κ2) is 8.22. The van der Waals surface area contributed by atoms with E-state index in [4.69, 9.17) is 9.52 Å². The van der Waals surface area contributed by atoms with Crippen LogP contribution in [0, 0.1) is 12.7 Å². The zero-order valence-corrected chi connectivity index (χ0v) is 15.3. The normalized spacial score (nSPS) is 11.1. The Morgan fingerprint density at radius 2 is 1.89 bits per heavy atom. The number of halogens is 1. The molecule has 0 aliphatic rings. The molecule has 0 saturated heterocycles. The van der Waals surface area contributed by atoms with Crippen LogP contribution in [0.25, 0.3) is 22.1 Å². The van der Waals surface area contributed by atoms with Crippen LogP contribution in [-0.4, -0.2) is 22.7 Å². The predicted molar refractivity (Wildman–Crippen MR) is 103 cm³/mol. The maximum Gasteiger partial charge on any atom is 0.303 e. The Bertz CT molecular complexity index is 1070. The lowest BCUT2D eigenvalue weighted by Crippen LogP contribution is -2.17. The maximum atomic E-state index is 13.2. The number of phenols is 1. The van der Waals surface area contributed by atoms with E-state index in [1.807, 2.05) is 0 Å². The topological polar surface area (TPSA) is 99.8 Å². The van der Waals surface area contributed by atoms with Crippen molar-refractivity contribution >= 4 is 16.9 Å². The van der Waals surface area contributed by atoms with Gasteiger partial charge in [-0.05, 0) is 49.7 Å². The molecule has 6 nitrogen and oxygen atoms in total. The van der Waals surface area contributed by atoms with Crippen molar-refractivity contribution < 1.29 is 23.8 Å². The number of aliphatic carboxylic acids is 1. The Kier molecular flexibility index (Phi) is 5.75. The summed E-state index contributed by atoms with van der Waals surface area (Å²) in [5.41, 5.74) is 1.34. The van der Waals surface area contributed by atoms with Crippen molar-refractivity contribution in [2.75, 3.05) is 6.54 Å². The molecular weight excluding hydrogens is 365 g/mol. The Hall–Kier alpha value is -3.19. The molecule has 1 aromatic heterocycles. The minimum atomic E-state index is -0.871. The molecule has 0 unspecified atom stereocenters. The van der Waals surface area contributed by atoms with Crippen LogP contribution in [0.1, 0.15) is 24.2 Å². The molecule has 0 aliphatic heterocycles. The Labute approximate surface area is 160 Å². The molecule has 3 rings (SSSR count). The van der Waals surface area contributed by atoms with Gasteiger partial charge in [0.05, 0.1) is 16.5 Å². The third-order valence-corrected chi connectivity index (χ3v) is 4.49. The highest BCUT2D eigenvalue weighted by Gasteiger charge is 2.17. The Morgan fingerprint density at radius 1 is 1.18 bits per heavy atom. The molecule has 3 aromatic rings. The van der Waals surface area contributed by atoms with Crippen molar-refractivity contribution in [3.8, 4) is 16.9 Å². The first-order valence-electron chi connectivity index (χ1n) is 8.85. The number of benzene rings is 2. The molecule has 7 heteroatoms. The van der Waals surface area contributed by atoms with Crippen LogP contribution in [0.4, 0.5) is 4.39 Å². The van der Waals surface area contributed by atoms with Gasteiger partial charge in [0.15, 0.2) is 0 Å². The number of carboxylic acid groups (broad SMARTS) is 1. The van der Waals surface area contributed by atoms with E-state index in [0.29, 0.717) is 40.8 Å². The summed E-state index contributed by atoms with van der Waals surface area (Å²) in [6, 6.07) is 8.52. The van der Waals surface area contributed by atoms with Gasteiger partial charge < -0.3 is 19.9 Å². The van der Waals surface area contributed by atoms with E-state index in [1.165, 1.54) is 36.4 Å². The number of fused-ring (bicyclic) bond motifs is 1. The number of carbonyl (C=O) groups is 1. The van der Waals surface area contributed by atoms with Crippen molar-refractivity contribution in [3.63, 3.8) is 0 Å². The second-order valence-corrected chi connectivity index (χ2v) is 6.48. The number of aromatic hydroxyl groups is 1. The lowest BCUT2D eigenvalue weighted by molar-refractivity contribution is -0.137. The Balaban J connectivity index is 1.98. The lowest BCUT2D eigenvalue weighted by atomic mass is 10.0. The molecule has 0 bridgehead atoms. The first kappa shape index (κ1) is 19.6. The highest BCUT2D eigenvalue weighted by Crippen LogP contribution is 2.30. The van der Waals surface area contributed by atoms with Gasteiger partial charge in [0.1, 0.15) is 22.9 Å². The number of hydrogen-bond donors (Lipinski definition) is 3. The third kappa shape index (κ3) is 4.04. The summed E-state index contributed by atoms with van der Waals surface area (Å²) in [6.45, 7) is 2.31. The van der Waals surface area contributed by atoms with Gasteiger partial charge in [0, 0.05) is 13.0 Å². The van der Waals surface area contributed by atoms with Gasteiger partial charge in [0.2, 0.25) is 5.43 Å². The molecule has 3 N–H and O–H groups in total. The van der Waals surface area contributed by atoms with Crippen LogP contribution >= 0.6 is 0 Å². The lowest BCUT2D eigenvalue weighted by Gasteiger charge is -2.12. The smallest absolute Gasteiger partial charge is 0.303 e. The second-order valence-electron chi connectivity index (χ2n) is 6.48. The Morgan fingerprint density at radius 3 is 2.57 bits per heavy atom. The molecule has 2 aromatic carbocycles. The summed E-state index contributed by atoms with van der Waals surface area (Å²) in [4.78, 5) is 23.6. The zero-order valence-electron chi connectivity index (χ0n) is 15.3. The van der Waals surface area contributed by atoms with E-state index in [1.54, 1.807) is 6.92 Å². The summed E-state index contributed by atoms with van der Waals surface area (Å²) in [5.74, 6) is -0.922. The first-order valence-corrected chi connectivity index (χ1v) is 8.85. The third-order valence-electron chi connectivity index (χ3n) is 4.49. The average molecular weight is 385 g/mol. The van der Waals surface area contributed by atoms with Gasteiger partial charge >= 0.3 is 5.97 Å². The molecular formula is C21H20FNO5. The van der Waals surface area contributed by atoms with E-state index >= 15 is 0 Å². The van der Waals surface area contributed by atoms with Gasteiger partial charge in [0.25, 0.3) is 0 Å². The standard InChI is InChI=1S/C21H20FNO5/c1-12-19(13-4-6-14(22)7-5-13)20(27)15-8-9-17(24)16(21(15)28-12)11-23-10-2-3-18(25)26/h4-9,23-24H,2-3,10-11H2,1H3,(H,25,26). The van der Waals surface area contributed by atoms with Gasteiger partial charge in [-0.2, -0.15) is 0 Å². The van der Waals surface area contributed by atoms with Gasteiger partial charge in [-0.25, -0.2) is 4.39 Å². The van der Waals surface area contributed by atoms with Gasteiger partial charge in [-0.1, -0.05) is 12.1 Å². The van der Waals surface area contributed by atoms with Crippen molar-refractivity contribution in [2.24, 2.45) is 0 Å². The molecule has 0 amide bonds. The van der Waals surface area contributed by atoms with Crippen molar-refractivity contribution in [2.45, 2.75) is 26.3 Å². The quantitative estimate of drug-likeness (QED) is 0.538. The van der Waals surface area contributed by atoms with Crippen LogP contribution in [0.5, 0.6) is 5.75 Å². The fraction of sp³-hybridized carbons (Fsp3) is 0.238. The molecule has 0 atom stereocenters. The summed E-state index contributed by atoms with van der Waals surface area (Å²) < 4.78 is 19.1. The number of carboxylic acids is 1. The first-order chi connectivity index (χ1) is 13.4. The van der Waals surface area contributed by atoms with Crippen molar-refractivity contribution in [3.05, 3.63) is 63.8 Å². The van der Waals surface area contributed by atoms with Crippen LogP contribution < -0.4 is 10.7 Å². The molecule has 0 spiro atoms. The molecule has 0 fully saturated rings.